The molecular weight excluding hydrogens is 272 g/mol. The third-order valence-electron chi connectivity index (χ3n) is 3.19. The topological polar surface area (TPSA) is 60.0 Å². The van der Waals surface area contributed by atoms with E-state index in [1.54, 1.807) is 7.11 Å². The lowest BCUT2D eigenvalue weighted by Crippen LogP contribution is -2.41. The number of ether oxygens (including phenoxy) is 3. The Kier molecular flexibility index (Phi) is 5.98. The Bertz CT molecular complexity index is 461. The van der Waals surface area contributed by atoms with Crippen LogP contribution < -0.4 is 10.1 Å². The van der Waals surface area contributed by atoms with E-state index in [1.165, 1.54) is 0 Å². The van der Waals surface area contributed by atoms with Crippen molar-refractivity contribution in [2.24, 2.45) is 0 Å². The van der Waals surface area contributed by atoms with E-state index in [1.807, 2.05) is 36.2 Å². The standard InChI is InChI=1S/C15H22N2O4/c1-17(9-12-11-20-7-8-21-12)10-15(18)16-13-5-3-4-6-14(13)19-2/h3-6,12H,7-11H2,1-2H3,(H,16,18). The third kappa shape index (κ3) is 5.00. The molecule has 1 aromatic carbocycles. The van der Waals surface area contributed by atoms with E-state index in [0.29, 0.717) is 37.8 Å². The first-order chi connectivity index (χ1) is 10.2. The minimum Gasteiger partial charge on any atom is -0.495 e. The quantitative estimate of drug-likeness (QED) is 0.847. The Labute approximate surface area is 125 Å². The van der Waals surface area contributed by atoms with Crippen LogP contribution in [0.2, 0.25) is 0 Å². The van der Waals surface area contributed by atoms with Crippen LogP contribution in [0, 0.1) is 0 Å². The molecule has 1 aliphatic rings. The number of hydrogen-bond donors (Lipinski definition) is 1. The fourth-order valence-electron chi connectivity index (χ4n) is 2.24. The van der Waals surface area contributed by atoms with Gasteiger partial charge in [-0.1, -0.05) is 12.1 Å². The molecule has 6 heteroatoms. The number of nitrogens with zero attached hydrogens (tertiary/aromatic N) is 1. The number of anilines is 1. The zero-order chi connectivity index (χ0) is 15.1. The van der Waals surface area contributed by atoms with Crippen molar-refractivity contribution >= 4 is 11.6 Å². The summed E-state index contributed by atoms with van der Waals surface area (Å²) in [5.41, 5.74) is 0.677. The first-order valence-corrected chi connectivity index (χ1v) is 7.00. The predicted molar refractivity (Wildman–Crippen MR) is 79.7 cm³/mol. The summed E-state index contributed by atoms with van der Waals surface area (Å²) in [5.74, 6) is 0.566. The Hall–Kier alpha value is -1.63. The van der Waals surface area contributed by atoms with E-state index in [0.717, 1.165) is 0 Å². The molecule has 1 saturated heterocycles. The molecule has 1 fully saturated rings. The second-order valence-electron chi connectivity index (χ2n) is 5.01. The molecule has 1 aliphatic heterocycles. The van der Waals surface area contributed by atoms with Gasteiger partial charge in [0.15, 0.2) is 0 Å². The SMILES string of the molecule is COc1ccccc1NC(=O)CN(C)CC1COCCO1. The Balaban J connectivity index is 1.80. The molecule has 1 atom stereocenters. The van der Waals surface area contributed by atoms with Crippen molar-refractivity contribution in [1.29, 1.82) is 0 Å². The van der Waals surface area contributed by atoms with Gasteiger partial charge in [0.1, 0.15) is 5.75 Å². The highest BCUT2D eigenvalue weighted by Gasteiger charge is 2.18. The van der Waals surface area contributed by atoms with Crippen LogP contribution in [-0.2, 0) is 14.3 Å². The number of hydrogen-bond acceptors (Lipinski definition) is 5. The van der Waals surface area contributed by atoms with Gasteiger partial charge < -0.3 is 19.5 Å². The summed E-state index contributed by atoms with van der Waals surface area (Å²) in [7, 11) is 3.47. The molecule has 0 spiro atoms. The zero-order valence-electron chi connectivity index (χ0n) is 12.5. The number of rotatable bonds is 6. The van der Waals surface area contributed by atoms with Gasteiger partial charge in [-0.05, 0) is 19.2 Å². The number of benzene rings is 1. The highest BCUT2D eigenvalue weighted by Crippen LogP contribution is 2.22. The molecular formula is C15H22N2O4. The van der Waals surface area contributed by atoms with Crippen LogP contribution in [0.1, 0.15) is 0 Å². The van der Waals surface area contributed by atoms with Crippen LogP contribution in [0.5, 0.6) is 5.75 Å². The van der Waals surface area contributed by atoms with Gasteiger partial charge in [-0.15, -0.1) is 0 Å². The maximum Gasteiger partial charge on any atom is 0.238 e. The van der Waals surface area contributed by atoms with Crippen LogP contribution in [0.4, 0.5) is 5.69 Å². The molecule has 1 N–H and O–H groups in total. The molecule has 2 rings (SSSR count). The van der Waals surface area contributed by atoms with Crippen LogP contribution in [0.25, 0.3) is 0 Å². The van der Waals surface area contributed by atoms with Gasteiger partial charge in [-0.2, -0.15) is 0 Å². The lowest BCUT2D eigenvalue weighted by molar-refractivity contribution is -0.119. The monoisotopic (exact) mass is 294 g/mol. The summed E-state index contributed by atoms with van der Waals surface area (Å²) >= 11 is 0. The highest BCUT2D eigenvalue weighted by atomic mass is 16.6. The van der Waals surface area contributed by atoms with E-state index < -0.39 is 0 Å². The fraction of sp³-hybridized carbons (Fsp3) is 0.533. The number of carbonyl (C=O) groups excluding carboxylic acids is 1. The van der Waals surface area contributed by atoms with Gasteiger partial charge in [-0.3, -0.25) is 9.69 Å². The number of para-hydroxylation sites is 2. The first-order valence-electron chi connectivity index (χ1n) is 7.00. The minimum absolute atomic E-state index is 0.0304. The summed E-state index contributed by atoms with van der Waals surface area (Å²) < 4.78 is 16.1. The van der Waals surface area contributed by atoms with Crippen molar-refractivity contribution in [3.05, 3.63) is 24.3 Å². The zero-order valence-corrected chi connectivity index (χ0v) is 12.5. The summed E-state index contributed by atoms with van der Waals surface area (Å²) in [5, 5.41) is 2.85. The lowest BCUT2D eigenvalue weighted by atomic mass is 10.3. The largest absolute Gasteiger partial charge is 0.495 e. The van der Waals surface area contributed by atoms with Crippen molar-refractivity contribution in [2.75, 3.05) is 52.4 Å². The van der Waals surface area contributed by atoms with E-state index in [4.69, 9.17) is 14.2 Å². The summed E-state index contributed by atoms with van der Waals surface area (Å²) in [6, 6.07) is 7.34. The molecule has 0 aliphatic carbocycles. The van der Waals surface area contributed by atoms with Gasteiger partial charge in [0.05, 0.1) is 45.3 Å². The molecule has 21 heavy (non-hydrogen) atoms. The van der Waals surface area contributed by atoms with Crippen molar-refractivity contribution < 1.29 is 19.0 Å². The van der Waals surface area contributed by atoms with E-state index in [9.17, 15) is 4.79 Å². The van der Waals surface area contributed by atoms with Crippen LogP contribution in [0.15, 0.2) is 24.3 Å². The van der Waals surface area contributed by atoms with E-state index in [2.05, 4.69) is 5.32 Å². The molecule has 0 radical (unpaired) electrons. The normalized spacial score (nSPS) is 18.5. The van der Waals surface area contributed by atoms with Crippen molar-refractivity contribution in [3.63, 3.8) is 0 Å². The average molecular weight is 294 g/mol. The molecule has 1 unspecified atom stereocenters. The lowest BCUT2D eigenvalue weighted by Gasteiger charge is -2.27. The van der Waals surface area contributed by atoms with Crippen molar-refractivity contribution in [3.8, 4) is 5.75 Å². The Morgan fingerprint density at radius 3 is 2.95 bits per heavy atom. The molecule has 6 nitrogen and oxygen atoms in total. The van der Waals surface area contributed by atoms with Gasteiger partial charge in [0.2, 0.25) is 5.91 Å². The molecule has 0 aromatic heterocycles. The van der Waals surface area contributed by atoms with Crippen LogP contribution >= 0.6 is 0 Å². The Morgan fingerprint density at radius 2 is 2.24 bits per heavy atom. The van der Waals surface area contributed by atoms with Gasteiger partial charge in [0, 0.05) is 6.54 Å². The Morgan fingerprint density at radius 1 is 1.43 bits per heavy atom. The second-order valence-corrected chi connectivity index (χ2v) is 5.01. The average Bonchev–Trinajstić information content (AvgIpc) is 2.48. The molecule has 1 aromatic rings. The van der Waals surface area contributed by atoms with Crippen molar-refractivity contribution in [2.45, 2.75) is 6.10 Å². The van der Waals surface area contributed by atoms with Crippen molar-refractivity contribution in [1.82, 2.24) is 4.90 Å². The predicted octanol–water partition coefficient (Wildman–Crippen LogP) is 0.981. The number of carbonyl (C=O) groups is 1. The smallest absolute Gasteiger partial charge is 0.238 e. The number of methoxy groups -OCH3 is 1. The number of amides is 1. The summed E-state index contributed by atoms with van der Waals surface area (Å²) in [6.45, 7) is 2.80. The summed E-state index contributed by atoms with van der Waals surface area (Å²) in [6.07, 6.45) is 0.0304. The van der Waals surface area contributed by atoms with E-state index >= 15 is 0 Å². The highest BCUT2D eigenvalue weighted by molar-refractivity contribution is 5.93. The molecule has 1 amide bonds. The molecule has 0 saturated carbocycles. The maximum absolute atomic E-state index is 12.1. The van der Waals surface area contributed by atoms with Gasteiger partial charge in [0.25, 0.3) is 0 Å². The summed E-state index contributed by atoms with van der Waals surface area (Å²) in [4.78, 5) is 14.0. The molecule has 0 bridgehead atoms. The second kappa shape index (κ2) is 7.97. The van der Waals surface area contributed by atoms with E-state index in [-0.39, 0.29) is 18.6 Å². The molecule has 116 valence electrons. The number of likely N-dealkylation sites (N-methyl/N-ethyl adjacent to an activating group) is 1. The number of nitrogens with one attached hydrogen (secondary N) is 1. The first kappa shape index (κ1) is 15.8. The molecule has 1 heterocycles. The minimum atomic E-state index is -0.0845. The van der Waals surface area contributed by atoms with Gasteiger partial charge >= 0.3 is 0 Å². The van der Waals surface area contributed by atoms with Crippen LogP contribution in [-0.4, -0.2) is 64.0 Å². The third-order valence-corrected chi connectivity index (χ3v) is 3.19. The van der Waals surface area contributed by atoms with Gasteiger partial charge in [-0.25, -0.2) is 0 Å². The fourth-order valence-corrected chi connectivity index (χ4v) is 2.24. The van der Waals surface area contributed by atoms with Crippen LogP contribution in [0.3, 0.4) is 0 Å². The maximum atomic E-state index is 12.1.